The van der Waals surface area contributed by atoms with Gasteiger partial charge in [-0.2, -0.15) is 0 Å². The van der Waals surface area contributed by atoms with Crippen LogP contribution in [0.1, 0.15) is 108 Å². The van der Waals surface area contributed by atoms with Crippen LogP contribution < -0.4 is 56.8 Å². The van der Waals surface area contributed by atoms with Crippen molar-refractivity contribution in [2.24, 2.45) is 0 Å². The van der Waals surface area contributed by atoms with Gasteiger partial charge in [0.1, 0.15) is 92.0 Å². The van der Waals surface area contributed by atoms with Gasteiger partial charge in [-0.3, -0.25) is 0 Å². The molecule has 1 aliphatic rings. The highest BCUT2D eigenvalue weighted by Gasteiger charge is 2.53. The van der Waals surface area contributed by atoms with Gasteiger partial charge in [-0.1, -0.05) is 364 Å². The van der Waals surface area contributed by atoms with Crippen LogP contribution in [0, 0.1) is 0 Å². The summed E-state index contributed by atoms with van der Waals surface area (Å²) in [6.45, 7) is -1.05. The Bertz CT molecular complexity index is 6410. The van der Waals surface area contributed by atoms with Crippen molar-refractivity contribution in [2.75, 3.05) is 6.61 Å². The van der Waals surface area contributed by atoms with Gasteiger partial charge >= 0.3 is 23.9 Å². The fraction of sp³-hybridized carbons (Fsp3) is 0.153. The molecule has 0 bridgehead atoms. The summed E-state index contributed by atoms with van der Waals surface area (Å²) in [6.07, 6.45) is -10.8. The maximum atomic E-state index is 16.6. The second kappa shape index (κ2) is 48.4. The second-order valence-electron chi connectivity index (χ2n) is 32.8. The first-order valence-corrected chi connectivity index (χ1v) is 45.8. The fourth-order valence-corrected chi connectivity index (χ4v) is 15.3. The van der Waals surface area contributed by atoms with Gasteiger partial charge in [0.15, 0.2) is 70.6 Å². The van der Waals surface area contributed by atoms with E-state index in [9.17, 15) is 5.11 Å². The molecule has 17 rings (SSSR count). The number of ether oxygens (including phenoxy) is 17. The molecule has 5 atom stereocenters. The van der Waals surface area contributed by atoms with Gasteiger partial charge in [0.25, 0.3) is 0 Å². The normalized spacial score (nSPS) is 14.1. The van der Waals surface area contributed by atoms with Gasteiger partial charge in [0.2, 0.25) is 23.0 Å². The molecular formula is C118H100O22. The van der Waals surface area contributed by atoms with Crippen molar-refractivity contribution in [3.63, 3.8) is 0 Å². The number of benzene rings is 16. The smallest absolute Gasteiger partial charge is 0.339 e. The van der Waals surface area contributed by atoms with Gasteiger partial charge in [-0.05, 0) is 115 Å². The van der Waals surface area contributed by atoms with Crippen molar-refractivity contribution in [2.45, 2.75) is 110 Å². The Labute approximate surface area is 811 Å². The molecule has 1 saturated heterocycles. The van der Waals surface area contributed by atoms with Crippen LogP contribution >= 0.6 is 0 Å². The van der Waals surface area contributed by atoms with Gasteiger partial charge in [0, 0.05) is 0 Å². The van der Waals surface area contributed by atoms with E-state index in [-0.39, 0.29) is 171 Å². The number of aliphatic hydroxyl groups is 1. The van der Waals surface area contributed by atoms with E-state index in [0.29, 0.717) is 0 Å². The maximum Gasteiger partial charge on any atom is 0.339 e. The Balaban J connectivity index is 0.818. The first kappa shape index (κ1) is 94.7. The molecule has 704 valence electrons. The molecule has 0 spiro atoms. The highest BCUT2D eigenvalue weighted by Crippen LogP contribution is 2.47. The van der Waals surface area contributed by atoms with E-state index in [1.54, 1.807) is 0 Å². The van der Waals surface area contributed by atoms with E-state index in [4.69, 9.17) is 80.5 Å². The number of hydrogen-bond acceptors (Lipinski definition) is 22. The Hall–Kier alpha value is -17.1. The molecule has 22 heteroatoms. The summed E-state index contributed by atoms with van der Waals surface area (Å²) in [5.41, 5.74) is 8.37. The summed E-state index contributed by atoms with van der Waals surface area (Å²) < 4.78 is 114. The minimum absolute atomic E-state index is 0.00764. The van der Waals surface area contributed by atoms with Crippen molar-refractivity contribution >= 4 is 23.9 Å². The number of rotatable bonds is 45. The lowest BCUT2D eigenvalue weighted by molar-refractivity contribution is -0.284. The third-order valence-corrected chi connectivity index (χ3v) is 22.5. The number of carbonyl (C=O) groups is 4. The molecule has 16 aromatic rings. The van der Waals surface area contributed by atoms with Crippen molar-refractivity contribution in [1.29, 1.82) is 0 Å². The summed E-state index contributed by atoms with van der Waals surface area (Å²) in [7, 11) is 0. The molecule has 0 saturated carbocycles. The molecule has 22 nitrogen and oxygen atoms in total. The minimum Gasteiger partial charge on any atom is -0.485 e. The number of aliphatic hydroxyl groups excluding tert-OH is 1. The standard InChI is InChI=1S/C118H100O22/c119-114(94-61-98(124-69-82-37-13-1-14-38-82)107(132-77-90-53-29-9-30-54-90)99(62-94)125-70-83-39-15-2-16-40-83)136-81-106-111(138-115(120)95-63-100(126-71-84-41-17-3-18-42-84)108(133-78-91-55-31-10-32-56-91)101(64-95)127-72-85-43-19-4-20-44-85)112(139-116(121)96-65-102(128-73-86-45-21-5-22-46-86)109(134-79-92-57-33-11-34-58-92)103(66-96)129-74-87-47-23-6-24-48-87)113(118(123)137-106)140-117(122)97-67-104(130-75-88-49-25-7-26-50-88)110(135-80-93-59-35-12-36-60-93)105(68-97)131-76-89-51-27-8-28-52-89/h1-68,106,111-113,118,123H,69-81H2/t106?,111?,112-,113+,118?/m0/s1. The minimum atomic E-state index is -2.37. The van der Waals surface area contributed by atoms with Crippen LogP contribution in [0.25, 0.3) is 0 Å². The Morgan fingerprint density at radius 1 is 0.200 bits per heavy atom. The third-order valence-electron chi connectivity index (χ3n) is 22.5. The average molecular weight is 1870 g/mol. The Morgan fingerprint density at radius 2 is 0.357 bits per heavy atom. The van der Waals surface area contributed by atoms with Crippen LogP contribution in [0.2, 0.25) is 0 Å². The fourth-order valence-electron chi connectivity index (χ4n) is 15.3. The topological polar surface area (TPSA) is 245 Å². The lowest BCUT2D eigenvalue weighted by Gasteiger charge is -2.42. The summed E-state index contributed by atoms with van der Waals surface area (Å²) >= 11 is 0. The van der Waals surface area contributed by atoms with E-state index in [2.05, 4.69) is 0 Å². The van der Waals surface area contributed by atoms with Crippen molar-refractivity contribution in [3.05, 3.63) is 502 Å². The molecule has 1 fully saturated rings. The van der Waals surface area contributed by atoms with E-state index in [1.165, 1.54) is 48.5 Å². The van der Waals surface area contributed by atoms with E-state index < -0.39 is 61.2 Å². The lowest BCUT2D eigenvalue weighted by atomic mass is 9.97. The molecule has 0 aromatic heterocycles. The van der Waals surface area contributed by atoms with E-state index in [0.717, 1.165) is 66.8 Å². The zero-order valence-electron chi connectivity index (χ0n) is 76.4. The van der Waals surface area contributed by atoms with E-state index >= 15 is 19.2 Å². The van der Waals surface area contributed by atoms with Crippen LogP contribution in [0.15, 0.2) is 413 Å². The zero-order chi connectivity index (χ0) is 95.7. The summed E-state index contributed by atoms with van der Waals surface area (Å²) in [5, 5.41) is 13.3. The molecule has 0 aliphatic carbocycles. The summed E-state index contributed by atoms with van der Waals surface area (Å²) in [4.78, 5) is 65.1. The molecule has 1 aliphatic heterocycles. The molecule has 16 aromatic carbocycles. The molecular weight excluding hydrogens is 1770 g/mol. The van der Waals surface area contributed by atoms with Gasteiger partial charge in [-0.15, -0.1) is 0 Å². The van der Waals surface area contributed by atoms with E-state index in [1.807, 2.05) is 364 Å². The predicted molar refractivity (Wildman–Crippen MR) is 524 cm³/mol. The number of esters is 4. The van der Waals surface area contributed by atoms with Gasteiger partial charge < -0.3 is 85.6 Å². The number of hydrogen-bond donors (Lipinski definition) is 1. The zero-order valence-corrected chi connectivity index (χ0v) is 76.4. The average Bonchev–Trinajstić information content (AvgIpc) is 0.769. The van der Waals surface area contributed by atoms with Crippen LogP contribution in [0.4, 0.5) is 0 Å². The largest absolute Gasteiger partial charge is 0.485 e. The highest BCUT2D eigenvalue weighted by atomic mass is 16.7. The van der Waals surface area contributed by atoms with Crippen LogP contribution in [0.5, 0.6) is 69.0 Å². The Morgan fingerprint density at radius 3 is 0.543 bits per heavy atom. The number of carbonyl (C=O) groups excluding carboxylic acids is 4. The van der Waals surface area contributed by atoms with Crippen molar-refractivity contribution in [3.8, 4) is 69.0 Å². The second-order valence-corrected chi connectivity index (χ2v) is 32.8. The van der Waals surface area contributed by atoms with Crippen LogP contribution in [-0.4, -0.2) is 66.3 Å². The monoisotopic (exact) mass is 1870 g/mol. The Kier molecular flexibility index (Phi) is 32.7. The summed E-state index contributed by atoms with van der Waals surface area (Å²) in [5.74, 6) is -3.81. The SMILES string of the molecule is O=C(OCC1OC(O)[C@H](OC(=O)c2cc(OCc3ccccc3)c(OCc3ccccc3)c(OCc3ccccc3)c2)[C@@H](OC(=O)c2cc(OCc3ccccc3)c(OCc3ccccc3)c(OCc3ccccc3)c2)C1OC(=O)c1cc(OCc2ccccc2)c(OCc2ccccc2)c(OCc2ccccc2)c1)c1cc(OCc2ccccc2)c(OCc2ccccc2)c(OCc2ccccc2)c1. The molecule has 3 unspecified atom stereocenters. The van der Waals surface area contributed by atoms with Crippen molar-refractivity contribution < 1.29 is 105 Å². The van der Waals surface area contributed by atoms with Gasteiger partial charge in [0.05, 0.1) is 22.3 Å². The molecule has 0 radical (unpaired) electrons. The first-order valence-electron chi connectivity index (χ1n) is 45.8. The van der Waals surface area contributed by atoms with Crippen molar-refractivity contribution in [1.82, 2.24) is 0 Å². The van der Waals surface area contributed by atoms with Crippen LogP contribution in [-0.2, 0) is 103 Å². The maximum absolute atomic E-state index is 16.6. The molecule has 0 amide bonds. The molecule has 140 heavy (non-hydrogen) atoms. The third kappa shape index (κ3) is 26.6. The highest BCUT2D eigenvalue weighted by molar-refractivity contribution is 5.94. The quantitative estimate of drug-likeness (QED) is 0.0275. The first-order chi connectivity index (χ1) is 68.9. The predicted octanol–water partition coefficient (Wildman–Crippen LogP) is 23.2. The summed E-state index contributed by atoms with van der Waals surface area (Å²) in [6, 6.07) is 124. The van der Waals surface area contributed by atoms with Crippen LogP contribution in [0.3, 0.4) is 0 Å². The van der Waals surface area contributed by atoms with Gasteiger partial charge in [-0.25, -0.2) is 19.2 Å². The molecule has 1 heterocycles. The molecule has 1 N–H and O–H groups in total. The lowest BCUT2D eigenvalue weighted by Crippen LogP contribution is -2.62.